The predicted octanol–water partition coefficient (Wildman–Crippen LogP) is 3.45. The first kappa shape index (κ1) is 15.6. The number of halogens is 1. The van der Waals surface area contributed by atoms with E-state index in [0.717, 1.165) is 24.7 Å². The van der Waals surface area contributed by atoms with Gasteiger partial charge in [-0.3, -0.25) is 0 Å². The van der Waals surface area contributed by atoms with Gasteiger partial charge in [0, 0.05) is 48.6 Å². The predicted molar refractivity (Wildman–Crippen MR) is 85.7 cm³/mol. The fraction of sp³-hybridized carbons (Fsp3) is 0.625. The largest absolute Gasteiger partial charge is 0.383 e. The quantitative estimate of drug-likeness (QED) is 0.795. The van der Waals surface area contributed by atoms with Crippen molar-refractivity contribution in [3.05, 3.63) is 28.8 Å². The zero-order valence-electron chi connectivity index (χ0n) is 12.7. The van der Waals surface area contributed by atoms with Gasteiger partial charge in [0.25, 0.3) is 0 Å². The smallest absolute Gasteiger partial charge is 0.0637 e. The van der Waals surface area contributed by atoms with Crippen LogP contribution in [0.1, 0.15) is 32.3 Å². The summed E-state index contributed by atoms with van der Waals surface area (Å²) >= 11 is 6.42. The van der Waals surface area contributed by atoms with Crippen molar-refractivity contribution in [3.8, 4) is 0 Å². The highest BCUT2D eigenvalue weighted by Crippen LogP contribution is 2.30. The van der Waals surface area contributed by atoms with E-state index in [9.17, 15) is 0 Å². The third-order valence-corrected chi connectivity index (χ3v) is 4.06. The molecule has 1 aromatic carbocycles. The normalized spacial score (nSPS) is 14.8. The second kappa shape index (κ2) is 7.30. The molecule has 1 aliphatic rings. The Balaban J connectivity index is 2.19. The summed E-state index contributed by atoms with van der Waals surface area (Å²) in [5.74, 6) is 0. The van der Waals surface area contributed by atoms with Gasteiger partial charge in [0.15, 0.2) is 0 Å². The van der Waals surface area contributed by atoms with E-state index in [1.807, 2.05) is 12.1 Å². The molecule has 1 N–H and O–H groups in total. The van der Waals surface area contributed by atoms with Crippen LogP contribution in [-0.4, -0.2) is 32.3 Å². The van der Waals surface area contributed by atoms with E-state index in [2.05, 4.69) is 30.1 Å². The van der Waals surface area contributed by atoms with Crippen LogP contribution in [0.15, 0.2) is 18.2 Å². The van der Waals surface area contributed by atoms with Crippen LogP contribution in [0.25, 0.3) is 0 Å². The fourth-order valence-electron chi connectivity index (χ4n) is 2.37. The first-order valence-corrected chi connectivity index (χ1v) is 7.77. The average molecular weight is 297 g/mol. The van der Waals surface area contributed by atoms with Crippen LogP contribution in [0, 0.1) is 0 Å². The van der Waals surface area contributed by atoms with Gasteiger partial charge in [-0.25, -0.2) is 0 Å². The van der Waals surface area contributed by atoms with Crippen molar-refractivity contribution in [1.82, 2.24) is 5.32 Å². The fourth-order valence-corrected chi connectivity index (χ4v) is 2.61. The van der Waals surface area contributed by atoms with Gasteiger partial charge in [0.05, 0.1) is 6.61 Å². The highest BCUT2D eigenvalue weighted by Gasteiger charge is 2.22. The van der Waals surface area contributed by atoms with E-state index in [0.29, 0.717) is 12.1 Å². The number of methoxy groups -OCH3 is 1. The van der Waals surface area contributed by atoms with E-state index < -0.39 is 0 Å². The van der Waals surface area contributed by atoms with Gasteiger partial charge < -0.3 is 15.0 Å². The van der Waals surface area contributed by atoms with Crippen molar-refractivity contribution in [1.29, 1.82) is 0 Å². The lowest BCUT2D eigenvalue weighted by Crippen LogP contribution is -2.35. The Labute approximate surface area is 127 Å². The molecule has 0 aromatic heterocycles. The van der Waals surface area contributed by atoms with Crippen molar-refractivity contribution in [2.75, 3.05) is 25.2 Å². The molecule has 112 valence electrons. The van der Waals surface area contributed by atoms with Crippen LogP contribution in [0.2, 0.25) is 5.02 Å². The number of nitrogens with one attached hydrogen (secondary N) is 1. The maximum atomic E-state index is 6.42. The first-order valence-electron chi connectivity index (χ1n) is 7.39. The molecule has 0 atom stereocenters. The summed E-state index contributed by atoms with van der Waals surface area (Å²) in [6, 6.07) is 7.27. The molecule has 0 aliphatic heterocycles. The average Bonchev–Trinajstić information content (AvgIpc) is 3.22. The lowest BCUT2D eigenvalue weighted by molar-refractivity contribution is 0.204. The summed E-state index contributed by atoms with van der Waals surface area (Å²) in [6.45, 7) is 6.85. The van der Waals surface area contributed by atoms with E-state index in [-0.39, 0.29) is 0 Å². The molecule has 0 radical (unpaired) electrons. The van der Waals surface area contributed by atoms with Crippen LogP contribution >= 0.6 is 11.6 Å². The molecule has 1 saturated carbocycles. The Morgan fingerprint density at radius 1 is 1.40 bits per heavy atom. The third kappa shape index (κ3) is 4.11. The molecule has 1 aliphatic carbocycles. The van der Waals surface area contributed by atoms with Gasteiger partial charge in [0.1, 0.15) is 0 Å². The Kier molecular flexibility index (Phi) is 5.70. The maximum Gasteiger partial charge on any atom is 0.0637 e. The summed E-state index contributed by atoms with van der Waals surface area (Å²) < 4.78 is 5.23. The number of benzene rings is 1. The molecule has 0 unspecified atom stereocenters. The summed E-state index contributed by atoms with van der Waals surface area (Å²) in [6.07, 6.45) is 2.58. The lowest BCUT2D eigenvalue weighted by atomic mass is 10.1. The van der Waals surface area contributed by atoms with Gasteiger partial charge in [0.2, 0.25) is 0 Å². The molecule has 3 nitrogen and oxygen atoms in total. The number of hydrogen-bond acceptors (Lipinski definition) is 3. The molecule has 0 amide bonds. The van der Waals surface area contributed by atoms with Crippen LogP contribution in [0.3, 0.4) is 0 Å². The molecule has 0 bridgehead atoms. The highest BCUT2D eigenvalue weighted by molar-refractivity contribution is 6.31. The molecule has 2 rings (SSSR count). The molecule has 1 fully saturated rings. The molecule has 1 aromatic rings. The molecule has 0 saturated heterocycles. The topological polar surface area (TPSA) is 24.5 Å². The van der Waals surface area contributed by atoms with Crippen molar-refractivity contribution in [2.45, 2.75) is 45.3 Å². The number of rotatable bonds is 8. The van der Waals surface area contributed by atoms with Crippen molar-refractivity contribution < 1.29 is 4.74 Å². The Morgan fingerprint density at radius 2 is 2.15 bits per heavy atom. The van der Waals surface area contributed by atoms with Crippen LogP contribution in [0.5, 0.6) is 0 Å². The Hall–Kier alpha value is -0.770. The third-order valence-electron chi connectivity index (χ3n) is 3.71. The molecule has 0 heterocycles. The minimum absolute atomic E-state index is 0.420. The number of nitrogens with zero attached hydrogens (tertiary/aromatic N) is 1. The van der Waals surface area contributed by atoms with Gasteiger partial charge in [-0.15, -0.1) is 0 Å². The number of anilines is 1. The Bertz CT molecular complexity index is 432. The number of hydrogen-bond donors (Lipinski definition) is 1. The second-order valence-electron chi connectivity index (χ2n) is 5.67. The number of ether oxygens (including phenoxy) is 1. The summed E-state index contributed by atoms with van der Waals surface area (Å²) in [7, 11) is 1.74. The van der Waals surface area contributed by atoms with E-state index in [1.165, 1.54) is 24.1 Å². The lowest BCUT2D eigenvalue weighted by Gasteiger charge is -2.31. The monoisotopic (exact) mass is 296 g/mol. The molecule has 0 spiro atoms. The van der Waals surface area contributed by atoms with Crippen molar-refractivity contribution in [3.63, 3.8) is 0 Å². The van der Waals surface area contributed by atoms with Gasteiger partial charge in [-0.2, -0.15) is 0 Å². The molecule has 20 heavy (non-hydrogen) atoms. The van der Waals surface area contributed by atoms with E-state index >= 15 is 0 Å². The summed E-state index contributed by atoms with van der Waals surface area (Å²) in [5.41, 5.74) is 2.42. The van der Waals surface area contributed by atoms with Gasteiger partial charge in [-0.1, -0.05) is 17.7 Å². The van der Waals surface area contributed by atoms with Crippen LogP contribution in [0.4, 0.5) is 5.69 Å². The zero-order chi connectivity index (χ0) is 14.5. The molecule has 4 heteroatoms. The molecular weight excluding hydrogens is 272 g/mol. The standard InChI is InChI=1S/C16H25ClN2O/c1-12(2)19(9-10-20-3)16-6-4-5-15(17)14(16)11-18-13-7-8-13/h4-6,12-13,18H,7-11H2,1-3H3. The Morgan fingerprint density at radius 3 is 2.75 bits per heavy atom. The summed E-state index contributed by atoms with van der Waals surface area (Å²) in [5, 5.41) is 4.41. The maximum absolute atomic E-state index is 6.42. The molecular formula is C16H25ClN2O. The first-order chi connectivity index (χ1) is 9.63. The summed E-state index contributed by atoms with van der Waals surface area (Å²) in [4.78, 5) is 2.36. The zero-order valence-corrected chi connectivity index (χ0v) is 13.4. The van der Waals surface area contributed by atoms with Gasteiger partial charge in [-0.05, 0) is 38.8 Å². The minimum atomic E-state index is 0.420. The van der Waals surface area contributed by atoms with Gasteiger partial charge >= 0.3 is 0 Å². The second-order valence-corrected chi connectivity index (χ2v) is 6.08. The SMILES string of the molecule is COCCN(c1cccc(Cl)c1CNC1CC1)C(C)C. The van der Waals surface area contributed by atoms with Crippen molar-refractivity contribution in [2.24, 2.45) is 0 Å². The highest BCUT2D eigenvalue weighted by atomic mass is 35.5. The van der Waals surface area contributed by atoms with E-state index in [1.54, 1.807) is 7.11 Å². The minimum Gasteiger partial charge on any atom is -0.383 e. The van der Waals surface area contributed by atoms with Crippen LogP contribution in [-0.2, 0) is 11.3 Å². The van der Waals surface area contributed by atoms with Crippen LogP contribution < -0.4 is 10.2 Å². The van der Waals surface area contributed by atoms with Crippen molar-refractivity contribution >= 4 is 17.3 Å². The van der Waals surface area contributed by atoms with E-state index in [4.69, 9.17) is 16.3 Å².